The van der Waals surface area contributed by atoms with Crippen molar-refractivity contribution in [3.63, 3.8) is 0 Å². The summed E-state index contributed by atoms with van der Waals surface area (Å²) in [6.45, 7) is 5.35. The Morgan fingerprint density at radius 1 is 1.18 bits per heavy atom. The highest BCUT2D eigenvalue weighted by atomic mass is 32.1. The number of halogens is 2. The molecule has 0 aliphatic heterocycles. The lowest BCUT2D eigenvalue weighted by molar-refractivity contribution is -0.0950. The molecule has 184 valence electrons. The van der Waals surface area contributed by atoms with Crippen molar-refractivity contribution in [2.24, 2.45) is 5.92 Å². The van der Waals surface area contributed by atoms with Crippen LogP contribution in [0.15, 0.2) is 12.3 Å². The summed E-state index contributed by atoms with van der Waals surface area (Å²) in [4.78, 5) is 18.1. The quantitative estimate of drug-likeness (QED) is 0.350. The van der Waals surface area contributed by atoms with Crippen LogP contribution in [0.3, 0.4) is 0 Å². The number of aliphatic hydroxyl groups is 2. The molecule has 4 rings (SSSR count). The van der Waals surface area contributed by atoms with E-state index in [1.807, 2.05) is 19.9 Å². The molecule has 0 radical (unpaired) electrons. The molecular formula is C22H28F2N6O3S. The first-order valence-corrected chi connectivity index (χ1v) is 11.8. The van der Waals surface area contributed by atoms with Gasteiger partial charge in [-0.15, -0.1) is 11.3 Å². The van der Waals surface area contributed by atoms with E-state index >= 15 is 0 Å². The number of hydrogen-bond donors (Lipinski definition) is 4. The maximum Gasteiger partial charge on any atom is 0.250 e. The number of thiazole rings is 1. The maximum absolute atomic E-state index is 14.0. The van der Waals surface area contributed by atoms with E-state index in [2.05, 4.69) is 25.6 Å². The standard InChI is InChI=1S/C22H28F2N6O3S/c1-10-15(20-29-16-11(2)25-6-5-14(16)34-20)19(30-21(27-10)26-7-8-33-4)28-13-9-12(22(3,23)24)17(31)18(13)32/h5-6,12-13,17-18,31-32H,7-9H2,1-4H3,(H2,26,27,28,30)/t12-,13?,17+,18-/m0/s1. The molecule has 3 aromatic heterocycles. The third-order valence-electron chi connectivity index (χ3n) is 6.04. The summed E-state index contributed by atoms with van der Waals surface area (Å²) in [6, 6.07) is 1.04. The van der Waals surface area contributed by atoms with Crippen LogP contribution in [0.2, 0.25) is 0 Å². The topological polar surface area (TPSA) is 125 Å². The second kappa shape index (κ2) is 9.61. The van der Waals surface area contributed by atoms with Crippen molar-refractivity contribution in [3.8, 4) is 10.6 Å². The molecule has 0 saturated heterocycles. The molecule has 0 amide bonds. The van der Waals surface area contributed by atoms with Gasteiger partial charge in [-0.3, -0.25) is 4.98 Å². The van der Waals surface area contributed by atoms with Crippen LogP contribution in [0.1, 0.15) is 24.7 Å². The number of ether oxygens (including phenoxy) is 1. The summed E-state index contributed by atoms with van der Waals surface area (Å²) in [7, 11) is 1.58. The van der Waals surface area contributed by atoms with E-state index in [1.165, 1.54) is 11.3 Å². The molecule has 0 aromatic carbocycles. The second-order valence-electron chi connectivity index (χ2n) is 8.57. The molecule has 0 bridgehead atoms. The Morgan fingerprint density at radius 3 is 2.59 bits per heavy atom. The van der Waals surface area contributed by atoms with Crippen molar-refractivity contribution < 1.29 is 23.7 Å². The van der Waals surface area contributed by atoms with E-state index in [0.717, 1.165) is 22.8 Å². The number of nitrogens with zero attached hydrogens (tertiary/aromatic N) is 4. The average molecular weight is 495 g/mol. The fraction of sp³-hybridized carbons (Fsp3) is 0.545. The summed E-state index contributed by atoms with van der Waals surface area (Å²) in [6.07, 6.45) is -1.35. The van der Waals surface area contributed by atoms with Gasteiger partial charge in [-0.25, -0.2) is 18.7 Å². The van der Waals surface area contributed by atoms with E-state index in [9.17, 15) is 19.0 Å². The summed E-state index contributed by atoms with van der Waals surface area (Å²) >= 11 is 1.44. The van der Waals surface area contributed by atoms with Crippen LogP contribution >= 0.6 is 11.3 Å². The van der Waals surface area contributed by atoms with Gasteiger partial charge in [0.25, 0.3) is 5.92 Å². The minimum atomic E-state index is -3.13. The highest BCUT2D eigenvalue weighted by Crippen LogP contribution is 2.41. The molecule has 12 heteroatoms. The molecule has 1 fully saturated rings. The van der Waals surface area contributed by atoms with Crippen LogP contribution < -0.4 is 10.6 Å². The van der Waals surface area contributed by atoms with Crippen LogP contribution in [0.4, 0.5) is 20.5 Å². The molecule has 1 aliphatic carbocycles. The largest absolute Gasteiger partial charge is 0.390 e. The lowest BCUT2D eigenvalue weighted by Crippen LogP contribution is -2.38. The van der Waals surface area contributed by atoms with E-state index in [1.54, 1.807) is 13.3 Å². The molecular weight excluding hydrogens is 466 g/mol. The van der Waals surface area contributed by atoms with Crippen LogP contribution in [0.5, 0.6) is 0 Å². The Balaban J connectivity index is 1.75. The third-order valence-corrected chi connectivity index (χ3v) is 7.08. The van der Waals surface area contributed by atoms with Gasteiger partial charge < -0.3 is 25.6 Å². The Hall–Kier alpha value is -2.54. The Labute approximate surface area is 199 Å². The first kappa shape index (κ1) is 24.6. The zero-order chi connectivity index (χ0) is 24.6. The number of alkyl halides is 2. The Morgan fingerprint density at radius 2 is 1.94 bits per heavy atom. The zero-order valence-corrected chi connectivity index (χ0v) is 20.2. The molecule has 3 aromatic rings. The van der Waals surface area contributed by atoms with Crippen LogP contribution in [0, 0.1) is 19.8 Å². The highest BCUT2D eigenvalue weighted by molar-refractivity contribution is 7.21. The molecule has 4 N–H and O–H groups in total. The first-order valence-electron chi connectivity index (χ1n) is 10.9. The third kappa shape index (κ3) is 4.81. The maximum atomic E-state index is 14.0. The Bertz CT molecular complexity index is 1170. The van der Waals surface area contributed by atoms with Gasteiger partial charge in [0.1, 0.15) is 22.4 Å². The summed E-state index contributed by atoms with van der Waals surface area (Å²) in [5, 5.41) is 27.6. The molecule has 1 unspecified atom stereocenters. The number of aromatic nitrogens is 4. The number of aliphatic hydroxyl groups excluding tert-OH is 2. The van der Waals surface area contributed by atoms with Crippen LogP contribution in [0.25, 0.3) is 20.8 Å². The van der Waals surface area contributed by atoms with Gasteiger partial charge in [-0.05, 0) is 33.3 Å². The van der Waals surface area contributed by atoms with Gasteiger partial charge in [0.15, 0.2) is 0 Å². The van der Waals surface area contributed by atoms with E-state index < -0.39 is 30.1 Å². The normalized spacial score (nSPS) is 22.9. The predicted octanol–water partition coefficient (Wildman–Crippen LogP) is 3.00. The number of fused-ring (bicyclic) bond motifs is 1. The number of aryl methyl sites for hydroxylation is 2. The van der Waals surface area contributed by atoms with Gasteiger partial charge in [-0.1, -0.05) is 0 Å². The number of rotatable bonds is 8. The van der Waals surface area contributed by atoms with E-state index in [0.29, 0.717) is 41.2 Å². The SMILES string of the molecule is COCCNc1nc(C)c(-c2nc3c(C)nccc3s2)c(NC2C[C@H](C(C)(F)F)[C@@H](O)[C@H]2O)n1. The van der Waals surface area contributed by atoms with Crippen molar-refractivity contribution in [1.82, 2.24) is 19.9 Å². The number of methoxy groups -OCH3 is 1. The molecule has 9 nitrogen and oxygen atoms in total. The molecule has 4 atom stereocenters. The molecule has 1 aliphatic rings. The van der Waals surface area contributed by atoms with Gasteiger partial charge in [-0.2, -0.15) is 4.98 Å². The molecule has 3 heterocycles. The summed E-state index contributed by atoms with van der Waals surface area (Å²) in [5.74, 6) is -3.84. The second-order valence-corrected chi connectivity index (χ2v) is 9.60. The van der Waals surface area contributed by atoms with Crippen molar-refractivity contribution >= 4 is 33.3 Å². The molecule has 0 spiro atoms. The van der Waals surface area contributed by atoms with Gasteiger partial charge in [0.2, 0.25) is 5.95 Å². The number of hydrogen-bond acceptors (Lipinski definition) is 10. The van der Waals surface area contributed by atoms with Crippen molar-refractivity contribution in [3.05, 3.63) is 23.7 Å². The van der Waals surface area contributed by atoms with Gasteiger partial charge in [0.05, 0.1) is 46.3 Å². The molecule has 1 saturated carbocycles. The number of nitrogens with one attached hydrogen (secondary N) is 2. The van der Waals surface area contributed by atoms with Gasteiger partial charge >= 0.3 is 0 Å². The van der Waals surface area contributed by atoms with Crippen molar-refractivity contribution in [2.75, 3.05) is 30.9 Å². The first-order chi connectivity index (χ1) is 16.1. The minimum absolute atomic E-state index is 0.121. The average Bonchev–Trinajstić information content (AvgIpc) is 3.31. The Kier molecular flexibility index (Phi) is 6.94. The summed E-state index contributed by atoms with van der Waals surface area (Å²) in [5.41, 5.74) is 2.77. The fourth-order valence-electron chi connectivity index (χ4n) is 4.22. The molecule has 34 heavy (non-hydrogen) atoms. The van der Waals surface area contributed by atoms with Gasteiger partial charge in [0, 0.05) is 19.9 Å². The zero-order valence-electron chi connectivity index (χ0n) is 19.3. The number of anilines is 2. The highest BCUT2D eigenvalue weighted by Gasteiger charge is 2.51. The predicted molar refractivity (Wildman–Crippen MR) is 126 cm³/mol. The van der Waals surface area contributed by atoms with E-state index in [-0.39, 0.29) is 6.42 Å². The lowest BCUT2D eigenvalue weighted by Gasteiger charge is -2.22. The van der Waals surface area contributed by atoms with Crippen LogP contribution in [-0.2, 0) is 4.74 Å². The smallest absolute Gasteiger partial charge is 0.250 e. The number of pyridine rings is 1. The minimum Gasteiger partial charge on any atom is -0.390 e. The van der Waals surface area contributed by atoms with Crippen molar-refractivity contribution in [2.45, 2.75) is 51.4 Å². The fourth-order valence-corrected chi connectivity index (χ4v) is 5.33. The van der Waals surface area contributed by atoms with Crippen LogP contribution in [-0.4, -0.2) is 74.6 Å². The lowest BCUT2D eigenvalue weighted by atomic mass is 9.98. The monoisotopic (exact) mass is 494 g/mol. The van der Waals surface area contributed by atoms with E-state index in [4.69, 9.17) is 9.72 Å². The summed E-state index contributed by atoms with van der Waals surface area (Å²) < 4.78 is 34.0. The van der Waals surface area contributed by atoms with Crippen molar-refractivity contribution in [1.29, 1.82) is 0 Å².